The Kier molecular flexibility index (Phi) is 8.04. The van der Waals surface area contributed by atoms with Gasteiger partial charge in [0, 0.05) is 19.6 Å². The van der Waals surface area contributed by atoms with Crippen molar-refractivity contribution in [2.24, 2.45) is 5.92 Å². The van der Waals surface area contributed by atoms with Crippen molar-refractivity contribution in [1.29, 1.82) is 0 Å². The van der Waals surface area contributed by atoms with E-state index in [4.69, 9.17) is 28.9 Å². The van der Waals surface area contributed by atoms with Crippen LogP contribution in [0.25, 0.3) is 0 Å². The minimum atomic E-state index is -4.29. The normalized spacial score (nSPS) is 16.0. The third-order valence-electron chi connectivity index (χ3n) is 5.50. The lowest BCUT2D eigenvalue weighted by Crippen LogP contribution is -2.53. The molecular formula is C21H24Cl2F2N4O3S. The Balaban J connectivity index is 1.88. The molecule has 4 N–H and O–H groups in total. The zero-order valence-corrected chi connectivity index (χ0v) is 20.1. The highest BCUT2D eigenvalue weighted by atomic mass is 35.5. The smallest absolute Gasteiger partial charge is 0.242 e. The molecule has 0 aromatic heterocycles. The van der Waals surface area contributed by atoms with Gasteiger partial charge in [-0.2, -0.15) is 4.72 Å². The number of nitrogens with one attached hydrogen (secondary N) is 2. The number of sulfonamides is 1. The number of likely N-dealkylation sites (tertiary alicyclic amines) is 1. The first kappa shape index (κ1) is 25.5. The standard InChI is InChI=1S/C21H24Cl2F2N4O3S/c1-12-5-7-29(8-6-12)21(30)18(11-27-20-16(24)3-2-4-17(20)25)28-33(31,32)13-9-14(22)19(26)15(23)10-13/h2-4,9-10,12,18,27-28H,5-8,11,26H2,1H3. The first-order valence-corrected chi connectivity index (χ1v) is 12.5. The third-order valence-corrected chi connectivity index (χ3v) is 7.58. The highest BCUT2D eigenvalue weighted by Crippen LogP contribution is 2.31. The van der Waals surface area contributed by atoms with Crippen molar-refractivity contribution in [3.8, 4) is 0 Å². The second kappa shape index (κ2) is 10.4. The van der Waals surface area contributed by atoms with Crippen molar-refractivity contribution in [1.82, 2.24) is 9.62 Å². The molecular weight excluding hydrogens is 497 g/mol. The summed E-state index contributed by atoms with van der Waals surface area (Å²) in [5.41, 5.74) is 5.23. The average molecular weight is 521 g/mol. The Morgan fingerprint density at radius 3 is 2.27 bits per heavy atom. The van der Waals surface area contributed by atoms with E-state index in [0.29, 0.717) is 19.0 Å². The maximum absolute atomic E-state index is 14.1. The molecule has 1 atom stereocenters. The third kappa shape index (κ3) is 6.06. The molecule has 2 aromatic carbocycles. The Morgan fingerprint density at radius 2 is 1.73 bits per heavy atom. The van der Waals surface area contributed by atoms with Crippen molar-refractivity contribution < 1.29 is 22.0 Å². The van der Waals surface area contributed by atoms with Crippen molar-refractivity contribution in [2.75, 3.05) is 30.7 Å². The molecule has 33 heavy (non-hydrogen) atoms. The van der Waals surface area contributed by atoms with Crippen LogP contribution >= 0.6 is 23.2 Å². The van der Waals surface area contributed by atoms with Crippen LogP contribution in [-0.4, -0.2) is 44.9 Å². The van der Waals surface area contributed by atoms with Crippen LogP contribution in [0.4, 0.5) is 20.2 Å². The second-order valence-electron chi connectivity index (χ2n) is 7.96. The number of amides is 1. The number of rotatable bonds is 7. The van der Waals surface area contributed by atoms with Gasteiger partial charge in [-0.05, 0) is 43.0 Å². The van der Waals surface area contributed by atoms with Crippen LogP contribution in [0.1, 0.15) is 19.8 Å². The molecule has 0 aliphatic carbocycles. The van der Waals surface area contributed by atoms with E-state index in [1.54, 1.807) is 0 Å². The fourth-order valence-electron chi connectivity index (χ4n) is 3.47. The molecule has 1 saturated heterocycles. The number of carbonyl (C=O) groups excluding carboxylic acids is 1. The predicted molar refractivity (Wildman–Crippen MR) is 125 cm³/mol. The summed E-state index contributed by atoms with van der Waals surface area (Å²) < 4.78 is 56.5. The summed E-state index contributed by atoms with van der Waals surface area (Å²) in [6.07, 6.45) is 1.54. The zero-order chi connectivity index (χ0) is 24.3. The number of benzene rings is 2. The largest absolute Gasteiger partial charge is 0.396 e. The van der Waals surface area contributed by atoms with Crippen molar-refractivity contribution in [2.45, 2.75) is 30.7 Å². The van der Waals surface area contributed by atoms with E-state index in [9.17, 15) is 22.0 Å². The van der Waals surface area contributed by atoms with Gasteiger partial charge in [0.05, 0.1) is 20.6 Å². The first-order valence-electron chi connectivity index (χ1n) is 10.2. The van der Waals surface area contributed by atoms with Crippen molar-refractivity contribution in [3.63, 3.8) is 0 Å². The molecule has 180 valence electrons. The van der Waals surface area contributed by atoms with E-state index in [1.807, 2.05) is 0 Å². The summed E-state index contributed by atoms with van der Waals surface area (Å²) in [6.45, 7) is 2.58. The molecule has 1 aliphatic rings. The van der Waals surface area contributed by atoms with Gasteiger partial charge in [-0.15, -0.1) is 0 Å². The molecule has 3 rings (SSSR count). The van der Waals surface area contributed by atoms with Gasteiger partial charge in [0.25, 0.3) is 0 Å². The lowest BCUT2D eigenvalue weighted by atomic mass is 9.99. The van der Waals surface area contributed by atoms with E-state index in [-0.39, 0.29) is 20.6 Å². The first-order chi connectivity index (χ1) is 15.5. The molecule has 1 aliphatic heterocycles. The summed E-state index contributed by atoms with van der Waals surface area (Å²) in [6, 6.07) is 4.17. The molecule has 1 unspecified atom stereocenters. The molecule has 1 amide bonds. The number of carbonyl (C=O) groups is 1. The number of nitrogens with two attached hydrogens (primary N) is 1. The van der Waals surface area contributed by atoms with Gasteiger partial charge in [-0.25, -0.2) is 17.2 Å². The highest BCUT2D eigenvalue weighted by molar-refractivity contribution is 7.89. The summed E-state index contributed by atoms with van der Waals surface area (Å²) in [4.78, 5) is 14.4. The maximum atomic E-state index is 14.1. The number of anilines is 2. The Morgan fingerprint density at radius 1 is 1.18 bits per heavy atom. The van der Waals surface area contributed by atoms with Crippen LogP contribution < -0.4 is 15.8 Å². The van der Waals surface area contributed by atoms with Gasteiger partial charge in [0.2, 0.25) is 15.9 Å². The number of hydrogen-bond acceptors (Lipinski definition) is 5. The van der Waals surface area contributed by atoms with Crippen LogP contribution in [0.5, 0.6) is 0 Å². The molecule has 0 bridgehead atoms. The number of hydrogen-bond donors (Lipinski definition) is 3. The van der Waals surface area contributed by atoms with Gasteiger partial charge in [0.1, 0.15) is 23.4 Å². The number of halogens is 4. The zero-order valence-electron chi connectivity index (χ0n) is 17.7. The molecule has 0 radical (unpaired) electrons. The number of nitrogens with zero attached hydrogens (tertiary/aromatic N) is 1. The summed E-state index contributed by atoms with van der Waals surface area (Å²) in [5.74, 6) is -1.81. The summed E-state index contributed by atoms with van der Waals surface area (Å²) >= 11 is 11.9. The van der Waals surface area contributed by atoms with Gasteiger partial charge in [0.15, 0.2) is 0 Å². The Bertz CT molecular complexity index is 1100. The van der Waals surface area contributed by atoms with E-state index < -0.39 is 45.8 Å². The fourth-order valence-corrected chi connectivity index (χ4v) is 5.33. The molecule has 0 saturated carbocycles. The van der Waals surface area contributed by atoms with E-state index in [2.05, 4.69) is 17.0 Å². The van der Waals surface area contributed by atoms with Crippen LogP contribution in [-0.2, 0) is 14.8 Å². The van der Waals surface area contributed by atoms with E-state index in [1.165, 1.54) is 11.0 Å². The molecule has 0 spiro atoms. The van der Waals surface area contributed by atoms with Gasteiger partial charge in [-0.3, -0.25) is 4.79 Å². The highest BCUT2D eigenvalue weighted by Gasteiger charge is 2.32. The topological polar surface area (TPSA) is 105 Å². The van der Waals surface area contributed by atoms with E-state index in [0.717, 1.165) is 37.1 Å². The van der Waals surface area contributed by atoms with Gasteiger partial charge < -0.3 is 16.0 Å². The number of nitrogen functional groups attached to an aromatic ring is 1. The van der Waals surface area contributed by atoms with Crippen LogP contribution in [0.15, 0.2) is 35.2 Å². The predicted octanol–water partition coefficient (Wildman–Crippen LogP) is 3.87. The van der Waals surface area contributed by atoms with Gasteiger partial charge in [-0.1, -0.05) is 36.2 Å². The number of para-hydroxylation sites is 1. The lowest BCUT2D eigenvalue weighted by Gasteiger charge is -2.33. The summed E-state index contributed by atoms with van der Waals surface area (Å²) in [7, 11) is -4.29. The van der Waals surface area contributed by atoms with Crippen molar-refractivity contribution in [3.05, 3.63) is 52.0 Å². The van der Waals surface area contributed by atoms with E-state index >= 15 is 0 Å². The second-order valence-corrected chi connectivity index (χ2v) is 10.5. The molecule has 12 heteroatoms. The average Bonchev–Trinajstić information content (AvgIpc) is 2.76. The van der Waals surface area contributed by atoms with Crippen LogP contribution in [0.3, 0.4) is 0 Å². The van der Waals surface area contributed by atoms with Crippen LogP contribution in [0, 0.1) is 17.6 Å². The maximum Gasteiger partial charge on any atom is 0.242 e. The van der Waals surface area contributed by atoms with Crippen LogP contribution in [0.2, 0.25) is 10.0 Å². The van der Waals surface area contributed by atoms with Gasteiger partial charge >= 0.3 is 0 Å². The SMILES string of the molecule is CC1CCN(C(=O)C(CNc2c(F)cccc2F)NS(=O)(=O)c2cc(Cl)c(N)c(Cl)c2)CC1. The monoisotopic (exact) mass is 520 g/mol. The fraction of sp³-hybridized carbons (Fsp3) is 0.381. The summed E-state index contributed by atoms with van der Waals surface area (Å²) in [5, 5.41) is 2.38. The molecule has 1 fully saturated rings. The molecule has 1 heterocycles. The molecule has 2 aromatic rings. The Hall–Kier alpha value is -2.14. The van der Waals surface area contributed by atoms with Crippen molar-refractivity contribution >= 4 is 50.5 Å². The quantitative estimate of drug-likeness (QED) is 0.480. The minimum absolute atomic E-state index is 0.0176. The minimum Gasteiger partial charge on any atom is -0.396 e. The molecule has 7 nitrogen and oxygen atoms in total. The lowest BCUT2D eigenvalue weighted by molar-refractivity contribution is -0.134. The Labute approximate surface area is 201 Å². The number of piperidine rings is 1.